The largest absolute Gasteiger partial charge is 0.492 e. The number of ketones is 1. The minimum atomic E-state index is -0.685. The number of allylic oxidation sites excluding steroid dienone is 5. The van der Waals surface area contributed by atoms with E-state index < -0.39 is 12.0 Å². The molecule has 0 saturated heterocycles. The first-order valence-electron chi connectivity index (χ1n) is 15.3. The highest BCUT2D eigenvalue weighted by molar-refractivity contribution is 6.12. The molecule has 6 heteroatoms. The van der Waals surface area contributed by atoms with Crippen molar-refractivity contribution in [3.8, 4) is 5.75 Å². The summed E-state index contributed by atoms with van der Waals surface area (Å²) < 4.78 is 11.3. The Kier molecular flexibility index (Phi) is 9.21. The summed E-state index contributed by atoms with van der Waals surface area (Å²) in [4.78, 5) is 28.3. The number of nitrogens with one attached hydrogen (secondary N) is 1. The molecule has 1 aliphatic carbocycles. The van der Waals surface area contributed by atoms with Gasteiger partial charge in [0, 0.05) is 40.7 Å². The van der Waals surface area contributed by atoms with Crippen molar-refractivity contribution in [1.29, 1.82) is 0 Å². The van der Waals surface area contributed by atoms with Gasteiger partial charge >= 0.3 is 5.97 Å². The molecule has 4 aromatic carbocycles. The molecule has 0 aromatic heterocycles. The second-order valence-electron chi connectivity index (χ2n) is 11.1. The van der Waals surface area contributed by atoms with Crippen molar-refractivity contribution in [3.63, 3.8) is 0 Å². The average molecular weight is 597 g/mol. The summed E-state index contributed by atoms with van der Waals surface area (Å²) in [7, 11) is 1.37. The summed E-state index contributed by atoms with van der Waals surface area (Å²) in [6, 6.07) is 32.0. The Morgan fingerprint density at radius 3 is 2.44 bits per heavy atom. The molecule has 6 rings (SSSR count). The number of nitrogens with zero attached hydrogens (tertiary/aromatic N) is 1. The molecule has 0 radical (unpaired) electrons. The van der Waals surface area contributed by atoms with E-state index in [1.54, 1.807) is 18.2 Å². The fourth-order valence-corrected chi connectivity index (χ4v) is 5.85. The van der Waals surface area contributed by atoms with Crippen LogP contribution in [0.15, 0.2) is 133 Å². The van der Waals surface area contributed by atoms with Crippen molar-refractivity contribution in [2.24, 2.45) is 0 Å². The molecule has 226 valence electrons. The number of anilines is 2. The van der Waals surface area contributed by atoms with Crippen molar-refractivity contribution in [1.82, 2.24) is 0 Å². The molecule has 6 nitrogen and oxygen atoms in total. The Balaban J connectivity index is 1.10. The normalized spacial score (nSPS) is 14.2. The summed E-state index contributed by atoms with van der Waals surface area (Å²) in [5.41, 5.74) is 7.75. The predicted octanol–water partition coefficient (Wildman–Crippen LogP) is 7.63. The van der Waals surface area contributed by atoms with Crippen LogP contribution in [0.2, 0.25) is 0 Å². The molecule has 1 atom stereocenters. The van der Waals surface area contributed by atoms with Crippen LogP contribution in [0, 0.1) is 0 Å². The Labute approximate surface area is 264 Å². The number of para-hydroxylation sites is 2. The summed E-state index contributed by atoms with van der Waals surface area (Å²) in [6.07, 6.45) is 11.3. The highest BCUT2D eigenvalue weighted by atomic mass is 16.5. The number of fused-ring (bicyclic) bond motifs is 2. The summed E-state index contributed by atoms with van der Waals surface area (Å²) >= 11 is 0. The van der Waals surface area contributed by atoms with Gasteiger partial charge in [0.05, 0.1) is 13.7 Å². The molecule has 0 fully saturated rings. The lowest BCUT2D eigenvalue weighted by Gasteiger charge is -2.23. The highest BCUT2D eigenvalue weighted by Crippen LogP contribution is 2.37. The first-order chi connectivity index (χ1) is 22.1. The zero-order valence-electron chi connectivity index (χ0n) is 25.3. The molecule has 1 N–H and O–H groups in total. The second-order valence-corrected chi connectivity index (χ2v) is 11.1. The molecule has 0 bridgehead atoms. The predicted molar refractivity (Wildman–Crippen MR) is 180 cm³/mol. The van der Waals surface area contributed by atoms with Gasteiger partial charge in [-0.3, -0.25) is 4.79 Å². The maximum absolute atomic E-state index is 13.2. The summed E-state index contributed by atoms with van der Waals surface area (Å²) in [6.45, 7) is 1.21. The monoisotopic (exact) mass is 596 g/mol. The zero-order valence-corrected chi connectivity index (χ0v) is 25.3. The molecule has 45 heavy (non-hydrogen) atoms. The van der Waals surface area contributed by atoms with Gasteiger partial charge in [-0.05, 0) is 66.0 Å². The van der Waals surface area contributed by atoms with Crippen LogP contribution in [0.5, 0.6) is 5.75 Å². The van der Waals surface area contributed by atoms with Crippen LogP contribution >= 0.6 is 0 Å². The Morgan fingerprint density at radius 1 is 0.867 bits per heavy atom. The van der Waals surface area contributed by atoms with Gasteiger partial charge in [0.1, 0.15) is 18.4 Å². The van der Waals surface area contributed by atoms with Gasteiger partial charge in [0.2, 0.25) is 0 Å². The van der Waals surface area contributed by atoms with E-state index in [1.165, 1.54) is 29.5 Å². The zero-order chi connectivity index (χ0) is 31.0. The van der Waals surface area contributed by atoms with E-state index in [1.807, 2.05) is 60.7 Å². The van der Waals surface area contributed by atoms with E-state index >= 15 is 0 Å². The Bertz CT molecular complexity index is 1760. The quantitative estimate of drug-likeness (QED) is 0.142. The summed E-state index contributed by atoms with van der Waals surface area (Å²) in [5.74, 6) is 0.234. The Morgan fingerprint density at radius 2 is 1.62 bits per heavy atom. The lowest BCUT2D eigenvalue weighted by Crippen LogP contribution is -2.33. The molecule has 4 aromatic rings. The number of rotatable bonds is 11. The van der Waals surface area contributed by atoms with E-state index in [2.05, 4.69) is 58.9 Å². The van der Waals surface area contributed by atoms with E-state index in [4.69, 9.17) is 9.47 Å². The van der Waals surface area contributed by atoms with Gasteiger partial charge in [0.15, 0.2) is 5.78 Å². The number of hydrogen-bond acceptors (Lipinski definition) is 6. The number of esters is 1. The van der Waals surface area contributed by atoms with Gasteiger partial charge < -0.3 is 19.7 Å². The lowest BCUT2D eigenvalue weighted by molar-refractivity contribution is -0.141. The smallest absolute Gasteiger partial charge is 0.328 e. The maximum atomic E-state index is 13.2. The van der Waals surface area contributed by atoms with Crippen LogP contribution in [0.25, 0.3) is 5.57 Å². The molecule has 0 saturated carbocycles. The number of methoxy groups -OCH3 is 1. The van der Waals surface area contributed by atoms with Crippen molar-refractivity contribution in [3.05, 3.63) is 155 Å². The number of carbonyl (C=O) groups is 2. The van der Waals surface area contributed by atoms with Crippen LogP contribution in [0.1, 0.15) is 39.9 Å². The molecular formula is C39H36N2O4. The molecular weight excluding hydrogens is 560 g/mol. The lowest BCUT2D eigenvalue weighted by atomic mass is 9.91. The average Bonchev–Trinajstić information content (AvgIpc) is 3.25. The fraction of sp³-hybridized carbons (Fsp3) is 0.179. The molecule has 0 amide bonds. The van der Waals surface area contributed by atoms with Gasteiger partial charge in [0.25, 0.3) is 0 Å². The van der Waals surface area contributed by atoms with Gasteiger partial charge in [-0.2, -0.15) is 0 Å². The van der Waals surface area contributed by atoms with Crippen molar-refractivity contribution in [2.45, 2.75) is 25.3 Å². The summed E-state index contributed by atoms with van der Waals surface area (Å²) in [5, 5.41) is 3.27. The van der Waals surface area contributed by atoms with Crippen molar-refractivity contribution < 1.29 is 19.1 Å². The van der Waals surface area contributed by atoms with E-state index in [9.17, 15) is 9.59 Å². The number of benzene rings is 4. The van der Waals surface area contributed by atoms with Crippen molar-refractivity contribution in [2.75, 3.05) is 30.5 Å². The van der Waals surface area contributed by atoms with Crippen LogP contribution < -0.4 is 15.0 Å². The SMILES string of the molecule is COC(=O)[C@H](Cc1ccc(OCCN2C=CC3=C(CCC=C3)c3ccccc32)cc1)Nc1ccccc1C(=O)c1ccccc1. The van der Waals surface area contributed by atoms with Crippen molar-refractivity contribution >= 4 is 28.7 Å². The van der Waals surface area contributed by atoms with Crippen LogP contribution in [-0.4, -0.2) is 38.1 Å². The molecule has 1 heterocycles. The maximum Gasteiger partial charge on any atom is 0.328 e. The molecule has 0 unspecified atom stereocenters. The minimum Gasteiger partial charge on any atom is -0.492 e. The number of carbonyl (C=O) groups excluding carboxylic acids is 2. The van der Waals surface area contributed by atoms with Crippen LogP contribution in [0.3, 0.4) is 0 Å². The van der Waals surface area contributed by atoms with Gasteiger partial charge in [-0.25, -0.2) is 4.79 Å². The van der Waals surface area contributed by atoms with E-state index in [0.717, 1.165) is 24.2 Å². The number of hydrogen-bond donors (Lipinski definition) is 1. The third-order valence-corrected chi connectivity index (χ3v) is 8.17. The highest BCUT2D eigenvalue weighted by Gasteiger charge is 2.23. The first kappa shape index (κ1) is 29.7. The minimum absolute atomic E-state index is 0.115. The third kappa shape index (κ3) is 6.91. The molecule has 2 aliphatic rings. The topological polar surface area (TPSA) is 67.9 Å². The van der Waals surface area contributed by atoms with E-state index in [0.29, 0.717) is 36.4 Å². The van der Waals surface area contributed by atoms with E-state index in [-0.39, 0.29) is 5.78 Å². The first-order valence-corrected chi connectivity index (χ1v) is 15.3. The fourth-order valence-electron chi connectivity index (χ4n) is 5.85. The van der Waals surface area contributed by atoms with Crippen LogP contribution in [-0.2, 0) is 16.0 Å². The third-order valence-electron chi connectivity index (χ3n) is 8.17. The number of ether oxygens (including phenoxy) is 2. The van der Waals surface area contributed by atoms with Gasteiger partial charge in [-0.15, -0.1) is 0 Å². The second kappa shape index (κ2) is 14.0. The Hall–Kier alpha value is -5.36. The molecule has 0 spiro atoms. The van der Waals surface area contributed by atoms with Crippen LogP contribution in [0.4, 0.5) is 11.4 Å². The molecule has 1 aliphatic heterocycles. The van der Waals surface area contributed by atoms with Gasteiger partial charge in [-0.1, -0.05) is 84.9 Å². The standard InChI is InChI=1S/C39H36N2O4/c1-44-39(43)36(40-35-17-9-7-16-34(35)38(42)30-12-3-2-4-13-30)27-28-19-21-31(22-20-28)45-26-25-41-24-23-29-11-5-6-14-32(29)33-15-8-10-18-37(33)41/h2-5,7-13,15-24,36,40H,6,14,25-27H2,1H3/t36-/m0/s1.